The molecule has 0 spiro atoms. The standard InChI is InChI=1S/C23H26FN3O/c24-19-4-2-17(3-5-19)20-15-27(21(28)6-1-16-7-11-25-12-8-16)22-18-9-13-26(14-10-18)23(20)22/h2-5,7-8,11-12,18,20,22-23H,1,6,9-10,13-15H2/t20-,22+,23+/m1/s1. The SMILES string of the molecule is O=C(CCc1ccncc1)N1C[C@H](c2ccc(F)cc2)[C@H]2[C@@H]1C1CCN2CC1. The number of aromatic nitrogens is 1. The molecule has 6 rings (SSSR count). The predicted molar refractivity (Wildman–Crippen MR) is 105 cm³/mol. The van der Waals surface area contributed by atoms with Gasteiger partial charge in [-0.1, -0.05) is 12.1 Å². The van der Waals surface area contributed by atoms with Crippen LogP contribution in [0.15, 0.2) is 48.8 Å². The van der Waals surface area contributed by atoms with Crippen LogP contribution in [0, 0.1) is 11.7 Å². The van der Waals surface area contributed by atoms with Gasteiger partial charge in [-0.2, -0.15) is 0 Å². The van der Waals surface area contributed by atoms with Crippen molar-refractivity contribution in [3.8, 4) is 0 Å². The lowest BCUT2D eigenvalue weighted by Crippen LogP contribution is -2.60. The fourth-order valence-electron chi connectivity index (χ4n) is 5.65. The van der Waals surface area contributed by atoms with E-state index in [1.807, 2.05) is 24.3 Å². The van der Waals surface area contributed by atoms with Gasteiger partial charge >= 0.3 is 0 Å². The van der Waals surface area contributed by atoms with Gasteiger partial charge in [-0.25, -0.2) is 4.39 Å². The fourth-order valence-corrected chi connectivity index (χ4v) is 5.65. The lowest BCUT2D eigenvalue weighted by molar-refractivity contribution is -0.135. The van der Waals surface area contributed by atoms with E-state index in [0.29, 0.717) is 24.4 Å². The Morgan fingerprint density at radius 1 is 1.04 bits per heavy atom. The van der Waals surface area contributed by atoms with E-state index in [9.17, 15) is 9.18 Å². The molecule has 28 heavy (non-hydrogen) atoms. The normalized spacial score (nSPS) is 31.0. The van der Waals surface area contributed by atoms with E-state index in [1.165, 1.54) is 12.8 Å². The highest BCUT2D eigenvalue weighted by Gasteiger charge is 2.54. The van der Waals surface area contributed by atoms with Gasteiger partial charge in [0, 0.05) is 37.3 Å². The Labute approximate surface area is 165 Å². The Balaban J connectivity index is 1.38. The summed E-state index contributed by atoms with van der Waals surface area (Å²) in [5.74, 6) is 0.933. The number of likely N-dealkylation sites (tertiary alicyclic amines) is 1. The molecule has 4 fully saturated rings. The summed E-state index contributed by atoms with van der Waals surface area (Å²) < 4.78 is 13.4. The van der Waals surface area contributed by atoms with E-state index in [2.05, 4.69) is 14.8 Å². The van der Waals surface area contributed by atoms with Crippen molar-refractivity contribution in [2.45, 2.75) is 43.7 Å². The molecule has 5 heterocycles. The summed E-state index contributed by atoms with van der Waals surface area (Å²) in [6.07, 6.45) is 7.23. The van der Waals surface area contributed by atoms with Crippen LogP contribution in [0.2, 0.25) is 0 Å². The van der Waals surface area contributed by atoms with Crippen molar-refractivity contribution in [2.24, 2.45) is 5.92 Å². The number of nitrogens with zero attached hydrogens (tertiary/aromatic N) is 3. The number of aryl methyl sites for hydroxylation is 1. The Morgan fingerprint density at radius 2 is 1.75 bits per heavy atom. The molecule has 0 saturated carbocycles. The van der Waals surface area contributed by atoms with Crippen molar-refractivity contribution in [2.75, 3.05) is 19.6 Å². The molecule has 0 radical (unpaired) electrons. The van der Waals surface area contributed by atoms with E-state index < -0.39 is 0 Å². The van der Waals surface area contributed by atoms with E-state index in [0.717, 1.165) is 37.2 Å². The van der Waals surface area contributed by atoms with Crippen LogP contribution in [0.5, 0.6) is 0 Å². The first-order valence-electron chi connectivity index (χ1n) is 10.4. The average molecular weight is 379 g/mol. The molecule has 2 aromatic rings. The van der Waals surface area contributed by atoms with Crippen molar-refractivity contribution in [3.63, 3.8) is 0 Å². The van der Waals surface area contributed by atoms with Crippen LogP contribution >= 0.6 is 0 Å². The van der Waals surface area contributed by atoms with Crippen LogP contribution < -0.4 is 0 Å². The number of carbonyl (C=O) groups is 1. The fraction of sp³-hybridized carbons (Fsp3) is 0.478. The molecular weight excluding hydrogens is 353 g/mol. The van der Waals surface area contributed by atoms with Gasteiger partial charge < -0.3 is 4.90 Å². The summed E-state index contributed by atoms with van der Waals surface area (Å²) in [7, 11) is 0. The molecule has 3 atom stereocenters. The maximum atomic E-state index is 13.4. The third kappa shape index (κ3) is 3.12. The monoisotopic (exact) mass is 379 g/mol. The van der Waals surface area contributed by atoms with E-state index in [-0.39, 0.29) is 17.6 Å². The molecule has 1 aromatic heterocycles. The molecule has 0 unspecified atom stereocenters. The maximum absolute atomic E-state index is 13.4. The third-order valence-electron chi connectivity index (χ3n) is 6.99. The van der Waals surface area contributed by atoms with Crippen molar-refractivity contribution < 1.29 is 9.18 Å². The second kappa shape index (κ2) is 7.28. The van der Waals surface area contributed by atoms with Gasteiger partial charge in [0.2, 0.25) is 5.91 Å². The Morgan fingerprint density at radius 3 is 2.46 bits per heavy atom. The maximum Gasteiger partial charge on any atom is 0.223 e. The summed E-state index contributed by atoms with van der Waals surface area (Å²) in [5.41, 5.74) is 2.32. The summed E-state index contributed by atoms with van der Waals surface area (Å²) in [4.78, 5) is 22.0. The number of benzene rings is 1. The lowest BCUT2D eigenvalue weighted by atomic mass is 9.75. The van der Waals surface area contributed by atoms with E-state index in [4.69, 9.17) is 0 Å². The second-order valence-corrected chi connectivity index (χ2v) is 8.41. The van der Waals surface area contributed by atoms with Gasteiger partial charge in [0.25, 0.3) is 0 Å². The van der Waals surface area contributed by atoms with Crippen molar-refractivity contribution in [3.05, 3.63) is 65.7 Å². The molecule has 4 nitrogen and oxygen atoms in total. The van der Waals surface area contributed by atoms with Gasteiger partial charge in [0.1, 0.15) is 5.82 Å². The van der Waals surface area contributed by atoms with Crippen molar-refractivity contribution in [1.29, 1.82) is 0 Å². The van der Waals surface area contributed by atoms with Gasteiger partial charge in [0.05, 0.1) is 6.04 Å². The van der Waals surface area contributed by atoms with Crippen LogP contribution in [0.1, 0.15) is 36.3 Å². The van der Waals surface area contributed by atoms with E-state index >= 15 is 0 Å². The van der Waals surface area contributed by atoms with Crippen molar-refractivity contribution in [1.82, 2.24) is 14.8 Å². The average Bonchev–Trinajstić information content (AvgIpc) is 3.17. The first kappa shape index (κ1) is 17.8. The summed E-state index contributed by atoms with van der Waals surface area (Å²) in [5, 5.41) is 0. The first-order chi connectivity index (χ1) is 13.7. The molecule has 4 saturated heterocycles. The molecule has 146 valence electrons. The highest BCUT2D eigenvalue weighted by atomic mass is 19.1. The Hall–Kier alpha value is -2.27. The zero-order chi connectivity index (χ0) is 19.1. The second-order valence-electron chi connectivity index (χ2n) is 8.41. The number of halogens is 1. The van der Waals surface area contributed by atoms with Gasteiger partial charge in [-0.05, 0) is 73.7 Å². The highest BCUT2D eigenvalue weighted by Crippen LogP contribution is 2.46. The lowest BCUT2D eigenvalue weighted by Gasteiger charge is -2.51. The highest BCUT2D eigenvalue weighted by molar-refractivity contribution is 5.77. The largest absolute Gasteiger partial charge is 0.337 e. The number of amides is 1. The van der Waals surface area contributed by atoms with Gasteiger partial charge in [-0.15, -0.1) is 0 Å². The molecular formula is C23H26FN3O. The number of piperidine rings is 3. The van der Waals surface area contributed by atoms with Crippen LogP contribution in [-0.2, 0) is 11.2 Å². The third-order valence-corrected chi connectivity index (χ3v) is 6.99. The summed E-state index contributed by atoms with van der Waals surface area (Å²) in [6, 6.07) is 11.6. The number of pyridine rings is 1. The first-order valence-corrected chi connectivity index (χ1v) is 10.4. The molecule has 1 aromatic carbocycles. The quantitative estimate of drug-likeness (QED) is 0.818. The molecule has 4 aliphatic rings. The smallest absolute Gasteiger partial charge is 0.223 e. The minimum atomic E-state index is -0.200. The zero-order valence-corrected chi connectivity index (χ0v) is 16.0. The molecule has 0 aliphatic carbocycles. The molecule has 5 heteroatoms. The number of hydrogen-bond donors (Lipinski definition) is 0. The van der Waals surface area contributed by atoms with Crippen LogP contribution in [0.3, 0.4) is 0 Å². The number of hydrogen-bond acceptors (Lipinski definition) is 3. The van der Waals surface area contributed by atoms with Crippen LogP contribution in [0.4, 0.5) is 4.39 Å². The molecule has 0 N–H and O–H groups in total. The molecule has 1 amide bonds. The molecule has 2 bridgehead atoms. The van der Waals surface area contributed by atoms with Gasteiger partial charge in [-0.3, -0.25) is 14.7 Å². The summed E-state index contributed by atoms with van der Waals surface area (Å²) in [6.45, 7) is 3.01. The van der Waals surface area contributed by atoms with E-state index in [1.54, 1.807) is 24.5 Å². The van der Waals surface area contributed by atoms with Crippen LogP contribution in [0.25, 0.3) is 0 Å². The number of carbonyl (C=O) groups excluding carboxylic acids is 1. The molecule has 4 aliphatic heterocycles. The van der Waals surface area contributed by atoms with Gasteiger partial charge in [0.15, 0.2) is 0 Å². The minimum Gasteiger partial charge on any atom is -0.337 e. The van der Waals surface area contributed by atoms with Crippen LogP contribution in [-0.4, -0.2) is 52.4 Å². The topological polar surface area (TPSA) is 36.4 Å². The number of fused-ring (bicyclic) bond motifs is 2. The summed E-state index contributed by atoms with van der Waals surface area (Å²) >= 11 is 0. The Bertz CT molecular complexity index is 833. The van der Waals surface area contributed by atoms with Crippen molar-refractivity contribution >= 4 is 5.91 Å². The Kier molecular flexibility index (Phi) is 4.63. The number of rotatable bonds is 4. The predicted octanol–water partition coefficient (Wildman–Crippen LogP) is 3.24. The zero-order valence-electron chi connectivity index (χ0n) is 16.0. The minimum absolute atomic E-state index is 0.200.